The number of carbonyl (C=O) groups excluding carboxylic acids is 1. The third-order valence-electron chi connectivity index (χ3n) is 4.27. The van der Waals surface area contributed by atoms with Crippen LogP contribution in [0.4, 0.5) is 0 Å². The molecule has 0 aromatic heterocycles. The molecule has 0 saturated carbocycles. The number of hydrogen-bond donors (Lipinski definition) is 0. The number of ether oxygens (including phenoxy) is 1. The molecule has 0 spiro atoms. The van der Waals surface area contributed by atoms with Crippen molar-refractivity contribution in [1.82, 2.24) is 0 Å². The molecule has 124 valence electrons. The Morgan fingerprint density at radius 2 is 1.55 bits per heavy atom. The molecule has 1 rings (SSSR count). The maximum absolute atomic E-state index is 11.9. The van der Waals surface area contributed by atoms with Crippen molar-refractivity contribution in [2.75, 3.05) is 7.11 Å². The van der Waals surface area contributed by atoms with Gasteiger partial charge in [-0.1, -0.05) is 88.6 Å². The van der Waals surface area contributed by atoms with Crippen molar-refractivity contribution < 1.29 is 9.53 Å². The molecular formula is C20H32O2. The Hall–Kier alpha value is -1.31. The van der Waals surface area contributed by atoms with Crippen LogP contribution in [0.5, 0.6) is 0 Å². The number of unbranched alkanes of at least 4 members (excludes halogenated alkanes) is 7. The molecule has 0 radical (unpaired) electrons. The molecule has 2 heteroatoms. The van der Waals surface area contributed by atoms with Gasteiger partial charge in [0.05, 0.1) is 13.0 Å². The number of benzene rings is 1. The Labute approximate surface area is 136 Å². The van der Waals surface area contributed by atoms with E-state index in [1.807, 2.05) is 18.2 Å². The van der Waals surface area contributed by atoms with Crippen molar-refractivity contribution >= 4 is 5.97 Å². The molecule has 0 bridgehead atoms. The maximum Gasteiger partial charge on any atom is 0.308 e. The lowest BCUT2D eigenvalue weighted by molar-refractivity contribution is -0.145. The highest BCUT2D eigenvalue weighted by Crippen LogP contribution is 2.18. The SMILES string of the molecule is CCCCCCCCCCC(Cc1ccccc1)C(=O)OC. The minimum absolute atomic E-state index is 0.00694. The highest BCUT2D eigenvalue weighted by atomic mass is 16.5. The Morgan fingerprint density at radius 1 is 0.955 bits per heavy atom. The molecule has 0 fully saturated rings. The summed E-state index contributed by atoms with van der Waals surface area (Å²) in [7, 11) is 1.49. The van der Waals surface area contributed by atoms with Gasteiger partial charge >= 0.3 is 5.97 Å². The zero-order chi connectivity index (χ0) is 16.0. The summed E-state index contributed by atoms with van der Waals surface area (Å²) in [6.45, 7) is 2.25. The highest BCUT2D eigenvalue weighted by molar-refractivity contribution is 5.72. The molecular weight excluding hydrogens is 272 g/mol. The highest BCUT2D eigenvalue weighted by Gasteiger charge is 2.19. The van der Waals surface area contributed by atoms with Crippen molar-refractivity contribution in [3.05, 3.63) is 35.9 Å². The van der Waals surface area contributed by atoms with Crippen LogP contribution in [0.3, 0.4) is 0 Å². The summed E-state index contributed by atoms with van der Waals surface area (Å²) in [5.74, 6) is -0.0562. The van der Waals surface area contributed by atoms with Gasteiger partial charge in [0, 0.05) is 0 Å². The quantitative estimate of drug-likeness (QED) is 0.374. The van der Waals surface area contributed by atoms with E-state index >= 15 is 0 Å². The third kappa shape index (κ3) is 8.21. The van der Waals surface area contributed by atoms with Crippen LogP contribution >= 0.6 is 0 Å². The van der Waals surface area contributed by atoms with Gasteiger partial charge in [-0.15, -0.1) is 0 Å². The van der Waals surface area contributed by atoms with E-state index in [9.17, 15) is 4.79 Å². The van der Waals surface area contributed by atoms with E-state index in [4.69, 9.17) is 4.74 Å². The molecule has 0 saturated heterocycles. The average Bonchev–Trinajstić information content (AvgIpc) is 2.56. The summed E-state index contributed by atoms with van der Waals surface area (Å²) in [5, 5.41) is 0. The van der Waals surface area contributed by atoms with Gasteiger partial charge in [0.25, 0.3) is 0 Å². The topological polar surface area (TPSA) is 26.3 Å². The van der Waals surface area contributed by atoms with Gasteiger partial charge < -0.3 is 4.74 Å². The first-order valence-corrected chi connectivity index (χ1v) is 8.89. The van der Waals surface area contributed by atoms with Gasteiger partial charge in [-0.05, 0) is 18.4 Å². The zero-order valence-corrected chi connectivity index (χ0v) is 14.4. The zero-order valence-electron chi connectivity index (χ0n) is 14.4. The van der Waals surface area contributed by atoms with Crippen LogP contribution in [0.25, 0.3) is 0 Å². The van der Waals surface area contributed by atoms with Crippen molar-refractivity contribution in [3.8, 4) is 0 Å². The number of rotatable bonds is 12. The summed E-state index contributed by atoms with van der Waals surface area (Å²) >= 11 is 0. The lowest BCUT2D eigenvalue weighted by Gasteiger charge is -2.14. The number of esters is 1. The number of methoxy groups -OCH3 is 1. The average molecular weight is 304 g/mol. The molecule has 1 aromatic carbocycles. The minimum atomic E-state index is -0.0631. The second-order valence-corrected chi connectivity index (χ2v) is 6.17. The van der Waals surface area contributed by atoms with Gasteiger partial charge in [-0.25, -0.2) is 0 Å². The smallest absolute Gasteiger partial charge is 0.308 e. The molecule has 0 N–H and O–H groups in total. The Morgan fingerprint density at radius 3 is 2.14 bits per heavy atom. The molecule has 1 aromatic rings. The summed E-state index contributed by atoms with van der Waals surface area (Å²) in [6.07, 6.45) is 12.1. The van der Waals surface area contributed by atoms with E-state index in [-0.39, 0.29) is 11.9 Å². The molecule has 1 unspecified atom stereocenters. The summed E-state index contributed by atoms with van der Waals surface area (Å²) in [6, 6.07) is 10.2. The minimum Gasteiger partial charge on any atom is -0.469 e. The van der Waals surface area contributed by atoms with Crippen LogP contribution in [0.1, 0.15) is 70.3 Å². The Kier molecular flexibility index (Phi) is 10.4. The summed E-state index contributed by atoms with van der Waals surface area (Å²) in [4.78, 5) is 11.9. The standard InChI is InChI=1S/C20H32O2/c1-3-4-5-6-7-8-9-13-16-19(20(21)22-2)17-18-14-11-10-12-15-18/h10-12,14-15,19H,3-9,13,16-17H2,1-2H3. The van der Waals surface area contributed by atoms with E-state index in [1.165, 1.54) is 57.6 Å². The molecule has 1 atom stereocenters. The van der Waals surface area contributed by atoms with Crippen molar-refractivity contribution in [2.45, 2.75) is 71.1 Å². The van der Waals surface area contributed by atoms with Gasteiger partial charge in [-0.2, -0.15) is 0 Å². The lowest BCUT2D eigenvalue weighted by Crippen LogP contribution is -2.18. The van der Waals surface area contributed by atoms with E-state index < -0.39 is 0 Å². The van der Waals surface area contributed by atoms with Gasteiger partial charge in [0.1, 0.15) is 0 Å². The predicted octanol–water partition coefficient (Wildman–Crippen LogP) is 5.55. The summed E-state index contributed by atoms with van der Waals surface area (Å²) < 4.78 is 4.97. The van der Waals surface area contributed by atoms with E-state index in [0.29, 0.717) is 0 Å². The molecule has 2 nitrogen and oxygen atoms in total. The third-order valence-corrected chi connectivity index (χ3v) is 4.27. The lowest BCUT2D eigenvalue weighted by atomic mass is 9.93. The van der Waals surface area contributed by atoms with Gasteiger partial charge in [-0.3, -0.25) is 4.79 Å². The molecule has 0 heterocycles. The fourth-order valence-electron chi connectivity index (χ4n) is 2.89. The van der Waals surface area contributed by atoms with Crippen LogP contribution in [0.15, 0.2) is 30.3 Å². The molecule has 22 heavy (non-hydrogen) atoms. The van der Waals surface area contributed by atoms with Crippen molar-refractivity contribution in [1.29, 1.82) is 0 Å². The first-order chi connectivity index (χ1) is 10.8. The number of hydrogen-bond acceptors (Lipinski definition) is 2. The number of carbonyl (C=O) groups is 1. The normalized spacial score (nSPS) is 12.1. The maximum atomic E-state index is 11.9. The second-order valence-electron chi connectivity index (χ2n) is 6.17. The van der Waals surface area contributed by atoms with Crippen molar-refractivity contribution in [3.63, 3.8) is 0 Å². The monoisotopic (exact) mass is 304 g/mol. The second kappa shape index (κ2) is 12.3. The van der Waals surface area contributed by atoms with Gasteiger partial charge in [0.15, 0.2) is 0 Å². The predicted molar refractivity (Wildman–Crippen MR) is 92.9 cm³/mol. The van der Waals surface area contributed by atoms with Crippen LogP contribution in [0.2, 0.25) is 0 Å². The molecule has 0 aliphatic rings. The van der Waals surface area contributed by atoms with Crippen LogP contribution < -0.4 is 0 Å². The molecule has 0 aliphatic carbocycles. The first kappa shape index (κ1) is 18.7. The van der Waals surface area contributed by atoms with E-state index in [1.54, 1.807) is 0 Å². The van der Waals surface area contributed by atoms with E-state index in [0.717, 1.165) is 19.3 Å². The van der Waals surface area contributed by atoms with Crippen LogP contribution in [-0.2, 0) is 16.0 Å². The molecule has 0 amide bonds. The van der Waals surface area contributed by atoms with Crippen molar-refractivity contribution in [2.24, 2.45) is 5.92 Å². The summed E-state index contributed by atoms with van der Waals surface area (Å²) in [5.41, 5.74) is 1.22. The largest absolute Gasteiger partial charge is 0.469 e. The fraction of sp³-hybridized carbons (Fsp3) is 0.650. The van der Waals surface area contributed by atoms with Crippen LogP contribution in [0, 0.1) is 5.92 Å². The van der Waals surface area contributed by atoms with E-state index in [2.05, 4.69) is 19.1 Å². The Bertz CT molecular complexity index is 386. The fourth-order valence-corrected chi connectivity index (χ4v) is 2.89. The van der Waals surface area contributed by atoms with Gasteiger partial charge in [0.2, 0.25) is 0 Å². The molecule has 0 aliphatic heterocycles. The first-order valence-electron chi connectivity index (χ1n) is 8.89. The Balaban J connectivity index is 2.23. The van der Waals surface area contributed by atoms with Crippen LogP contribution in [-0.4, -0.2) is 13.1 Å².